The fraction of sp³-hybridized carbons (Fsp3) is 0.0952. The SMILES string of the molecule is Cc1cc(Cl)cc2sc(N(Cc3ccccn3)C(=O)c3ccc([N+](=O)[O-])cc3)nc12. The molecule has 30 heavy (non-hydrogen) atoms. The van der Waals surface area contributed by atoms with E-state index in [2.05, 4.69) is 9.97 Å². The molecule has 1 amide bonds. The molecule has 0 saturated carbocycles. The van der Waals surface area contributed by atoms with Gasteiger partial charge in [0.15, 0.2) is 5.13 Å². The Hall–Kier alpha value is -3.36. The molecule has 0 aliphatic heterocycles. The number of anilines is 1. The molecule has 2 heterocycles. The van der Waals surface area contributed by atoms with Crippen molar-refractivity contribution in [3.05, 3.63) is 92.8 Å². The minimum absolute atomic E-state index is 0.0759. The summed E-state index contributed by atoms with van der Waals surface area (Å²) in [5, 5.41) is 12.0. The third-order valence-electron chi connectivity index (χ3n) is 4.49. The molecule has 0 spiro atoms. The largest absolute Gasteiger partial charge is 0.278 e. The molecule has 9 heteroatoms. The number of benzene rings is 2. The zero-order valence-corrected chi connectivity index (χ0v) is 17.4. The van der Waals surface area contributed by atoms with Gasteiger partial charge >= 0.3 is 0 Å². The molecule has 150 valence electrons. The second-order valence-corrected chi connectivity index (χ2v) is 8.03. The number of thiazole rings is 1. The number of hydrogen-bond acceptors (Lipinski definition) is 6. The number of rotatable bonds is 5. The third-order valence-corrected chi connectivity index (χ3v) is 5.73. The number of carbonyl (C=O) groups is 1. The molecule has 0 radical (unpaired) electrons. The number of fused-ring (bicyclic) bond motifs is 1. The lowest BCUT2D eigenvalue weighted by Crippen LogP contribution is -2.30. The predicted molar refractivity (Wildman–Crippen MR) is 117 cm³/mol. The Balaban J connectivity index is 1.77. The standard InChI is InChI=1S/C21H15ClN4O3S/c1-13-10-15(22)11-18-19(13)24-21(30-18)25(12-16-4-2-3-9-23-16)20(27)14-5-7-17(8-6-14)26(28)29/h2-11H,12H2,1H3. The molecule has 7 nitrogen and oxygen atoms in total. The minimum Gasteiger partial charge on any atom is -0.278 e. The number of aryl methyl sites for hydroxylation is 1. The first-order valence-electron chi connectivity index (χ1n) is 8.95. The first-order valence-corrected chi connectivity index (χ1v) is 10.1. The number of pyridine rings is 1. The first kappa shape index (κ1) is 19.9. The fourth-order valence-electron chi connectivity index (χ4n) is 3.02. The van der Waals surface area contributed by atoms with Crippen LogP contribution in [0.4, 0.5) is 10.8 Å². The normalized spacial score (nSPS) is 10.9. The van der Waals surface area contributed by atoms with Crippen molar-refractivity contribution < 1.29 is 9.72 Å². The summed E-state index contributed by atoms with van der Waals surface area (Å²) in [4.78, 5) is 34.3. The molecule has 0 saturated heterocycles. The van der Waals surface area contributed by atoms with Gasteiger partial charge in [-0.2, -0.15) is 0 Å². The average Bonchev–Trinajstić information content (AvgIpc) is 3.16. The highest BCUT2D eigenvalue weighted by atomic mass is 35.5. The van der Waals surface area contributed by atoms with Gasteiger partial charge in [0.05, 0.1) is 27.4 Å². The number of halogens is 1. The summed E-state index contributed by atoms with van der Waals surface area (Å²) in [5.41, 5.74) is 2.64. The quantitative estimate of drug-likeness (QED) is 0.307. The van der Waals surface area contributed by atoms with Gasteiger partial charge in [0, 0.05) is 28.9 Å². The minimum atomic E-state index is -0.500. The number of nitro benzene ring substituents is 1. The van der Waals surface area contributed by atoms with E-state index in [0.717, 1.165) is 15.8 Å². The van der Waals surface area contributed by atoms with Crippen LogP contribution in [0.3, 0.4) is 0 Å². The van der Waals surface area contributed by atoms with E-state index in [-0.39, 0.29) is 18.1 Å². The van der Waals surface area contributed by atoms with Gasteiger partial charge < -0.3 is 0 Å². The van der Waals surface area contributed by atoms with Crippen molar-refractivity contribution in [1.82, 2.24) is 9.97 Å². The maximum absolute atomic E-state index is 13.3. The number of hydrogen-bond donors (Lipinski definition) is 0. The van der Waals surface area contributed by atoms with E-state index in [1.165, 1.54) is 40.5 Å². The molecular formula is C21H15ClN4O3S. The highest BCUT2D eigenvalue weighted by molar-refractivity contribution is 7.22. The van der Waals surface area contributed by atoms with Crippen LogP contribution < -0.4 is 4.90 Å². The van der Waals surface area contributed by atoms with E-state index in [1.54, 1.807) is 12.3 Å². The van der Waals surface area contributed by atoms with Crippen LogP contribution in [0.15, 0.2) is 60.8 Å². The molecule has 0 unspecified atom stereocenters. The van der Waals surface area contributed by atoms with Crippen LogP contribution in [0.25, 0.3) is 10.2 Å². The van der Waals surface area contributed by atoms with Crippen LogP contribution >= 0.6 is 22.9 Å². The summed E-state index contributed by atoms with van der Waals surface area (Å²) in [6.45, 7) is 2.13. The first-order chi connectivity index (χ1) is 14.4. The van der Waals surface area contributed by atoms with Crippen LogP contribution in [0.1, 0.15) is 21.6 Å². The number of nitro groups is 1. The van der Waals surface area contributed by atoms with Crippen LogP contribution in [0, 0.1) is 17.0 Å². The van der Waals surface area contributed by atoms with E-state index in [9.17, 15) is 14.9 Å². The Morgan fingerprint density at radius 3 is 2.63 bits per heavy atom. The third kappa shape index (κ3) is 4.00. The van der Waals surface area contributed by atoms with Gasteiger partial charge in [-0.1, -0.05) is 29.0 Å². The summed E-state index contributed by atoms with van der Waals surface area (Å²) >= 11 is 7.53. The van der Waals surface area contributed by atoms with Gasteiger partial charge in [0.2, 0.25) is 0 Å². The number of nitrogens with zero attached hydrogens (tertiary/aromatic N) is 4. The Morgan fingerprint density at radius 2 is 1.97 bits per heavy atom. The average molecular weight is 439 g/mol. The van der Waals surface area contributed by atoms with Crippen LogP contribution in [0.2, 0.25) is 5.02 Å². The number of amides is 1. The van der Waals surface area contributed by atoms with Gasteiger partial charge in [-0.05, 0) is 48.9 Å². The maximum atomic E-state index is 13.3. The lowest BCUT2D eigenvalue weighted by molar-refractivity contribution is -0.384. The number of non-ortho nitro benzene ring substituents is 1. The second kappa shape index (κ2) is 8.17. The van der Waals surface area contributed by atoms with Crippen molar-refractivity contribution in [3.8, 4) is 0 Å². The van der Waals surface area contributed by atoms with Gasteiger partial charge in [-0.25, -0.2) is 4.98 Å². The Kier molecular flexibility index (Phi) is 5.43. The molecule has 0 atom stereocenters. The molecule has 4 rings (SSSR count). The summed E-state index contributed by atoms with van der Waals surface area (Å²) in [7, 11) is 0. The highest BCUT2D eigenvalue weighted by Gasteiger charge is 2.23. The van der Waals surface area contributed by atoms with Crippen LogP contribution in [0.5, 0.6) is 0 Å². The molecule has 0 aliphatic rings. The van der Waals surface area contributed by atoms with Gasteiger partial charge in [0.25, 0.3) is 11.6 Å². The molecular weight excluding hydrogens is 424 g/mol. The van der Waals surface area contributed by atoms with Crippen LogP contribution in [-0.4, -0.2) is 20.8 Å². The molecule has 2 aromatic heterocycles. The molecule has 0 N–H and O–H groups in total. The van der Waals surface area contributed by atoms with E-state index >= 15 is 0 Å². The Morgan fingerprint density at radius 1 is 1.20 bits per heavy atom. The fourth-order valence-corrected chi connectivity index (χ4v) is 4.44. The summed E-state index contributed by atoms with van der Waals surface area (Å²) in [6.07, 6.45) is 1.66. The Bertz CT molecular complexity index is 1240. The van der Waals surface area contributed by atoms with Crippen molar-refractivity contribution in [3.63, 3.8) is 0 Å². The zero-order chi connectivity index (χ0) is 21.3. The summed E-state index contributed by atoms with van der Waals surface area (Å²) in [5.74, 6) is -0.321. The second-order valence-electron chi connectivity index (χ2n) is 6.58. The van der Waals surface area contributed by atoms with Gasteiger partial charge in [0.1, 0.15) is 0 Å². The topological polar surface area (TPSA) is 89.2 Å². The Labute approximate surface area is 180 Å². The van der Waals surface area contributed by atoms with Crippen molar-refractivity contribution in [1.29, 1.82) is 0 Å². The lowest BCUT2D eigenvalue weighted by atomic mass is 10.2. The molecule has 2 aromatic carbocycles. The molecule has 0 aliphatic carbocycles. The lowest BCUT2D eigenvalue weighted by Gasteiger charge is -2.19. The van der Waals surface area contributed by atoms with Crippen molar-refractivity contribution in [2.24, 2.45) is 0 Å². The van der Waals surface area contributed by atoms with Gasteiger partial charge in [-0.15, -0.1) is 0 Å². The van der Waals surface area contributed by atoms with Crippen molar-refractivity contribution in [2.75, 3.05) is 4.90 Å². The summed E-state index contributed by atoms with van der Waals surface area (Å²) in [6, 6.07) is 14.6. The number of aromatic nitrogens is 2. The molecule has 0 fully saturated rings. The van der Waals surface area contributed by atoms with Gasteiger partial charge in [-0.3, -0.25) is 24.8 Å². The monoisotopic (exact) mass is 438 g/mol. The van der Waals surface area contributed by atoms with E-state index in [1.807, 2.05) is 31.2 Å². The smallest absolute Gasteiger partial charge is 0.269 e. The van der Waals surface area contributed by atoms with E-state index in [4.69, 9.17) is 11.6 Å². The maximum Gasteiger partial charge on any atom is 0.269 e. The number of carbonyl (C=O) groups excluding carboxylic acids is 1. The molecule has 0 bridgehead atoms. The molecule has 4 aromatic rings. The predicted octanol–water partition coefficient (Wildman–Crippen LogP) is 5.41. The highest BCUT2D eigenvalue weighted by Crippen LogP contribution is 2.34. The van der Waals surface area contributed by atoms with E-state index < -0.39 is 4.92 Å². The van der Waals surface area contributed by atoms with Crippen molar-refractivity contribution in [2.45, 2.75) is 13.5 Å². The zero-order valence-electron chi connectivity index (χ0n) is 15.8. The van der Waals surface area contributed by atoms with Crippen molar-refractivity contribution >= 4 is 49.9 Å². The van der Waals surface area contributed by atoms with E-state index in [0.29, 0.717) is 21.4 Å². The van der Waals surface area contributed by atoms with Crippen LogP contribution in [-0.2, 0) is 6.54 Å². The summed E-state index contributed by atoms with van der Waals surface area (Å²) < 4.78 is 0.873.